The maximum absolute atomic E-state index is 12.2. The zero-order valence-electron chi connectivity index (χ0n) is 12.7. The van der Waals surface area contributed by atoms with Crippen molar-refractivity contribution in [1.82, 2.24) is 0 Å². The molecule has 132 valence electrons. The van der Waals surface area contributed by atoms with Gasteiger partial charge in [0.05, 0.1) is 18.8 Å². The summed E-state index contributed by atoms with van der Waals surface area (Å²) >= 11 is 5.76. The third-order valence-corrected chi connectivity index (χ3v) is 3.78. The summed E-state index contributed by atoms with van der Waals surface area (Å²) in [4.78, 5) is 12.2. The molecule has 7 nitrogen and oxygen atoms in total. The van der Waals surface area contributed by atoms with Crippen molar-refractivity contribution < 1.29 is 34.3 Å². The van der Waals surface area contributed by atoms with Crippen LogP contribution in [0.25, 0.3) is 0 Å². The number of rotatable bonds is 6. The molecule has 0 aliphatic carbocycles. The van der Waals surface area contributed by atoms with Gasteiger partial charge in [0.25, 0.3) is 0 Å². The number of ether oxygens (including phenoxy) is 3. The molecule has 1 saturated heterocycles. The Kier molecular flexibility index (Phi) is 6.73. The van der Waals surface area contributed by atoms with E-state index >= 15 is 0 Å². The maximum atomic E-state index is 12.2. The molecule has 2 rings (SSSR count). The van der Waals surface area contributed by atoms with Crippen molar-refractivity contribution in [1.29, 1.82) is 0 Å². The fourth-order valence-electron chi connectivity index (χ4n) is 2.27. The smallest absolute Gasteiger partial charge is 0.338 e. The highest BCUT2D eigenvalue weighted by Gasteiger charge is 2.47. The number of carbonyl (C=O) groups is 1. The summed E-state index contributed by atoms with van der Waals surface area (Å²) in [5, 5.41) is 30.2. The van der Waals surface area contributed by atoms with E-state index in [-0.39, 0.29) is 12.2 Å². The van der Waals surface area contributed by atoms with Gasteiger partial charge >= 0.3 is 5.97 Å². The molecule has 0 amide bonds. The molecule has 1 heterocycles. The van der Waals surface area contributed by atoms with Crippen molar-refractivity contribution in [3.8, 4) is 0 Å². The summed E-state index contributed by atoms with van der Waals surface area (Å²) < 4.78 is 15.7. The van der Waals surface area contributed by atoms with Crippen molar-refractivity contribution in [2.75, 3.05) is 13.2 Å². The normalized spacial score (nSPS) is 29.9. The number of esters is 1. The molecule has 0 bridgehead atoms. The Morgan fingerprint density at radius 1 is 1.29 bits per heavy atom. The second kappa shape index (κ2) is 8.57. The van der Waals surface area contributed by atoms with Gasteiger partial charge in [0.2, 0.25) is 0 Å². The van der Waals surface area contributed by atoms with Crippen LogP contribution in [-0.2, 0) is 14.2 Å². The van der Waals surface area contributed by atoms with Crippen molar-refractivity contribution in [3.63, 3.8) is 0 Å². The van der Waals surface area contributed by atoms with Crippen LogP contribution in [0, 0.1) is 0 Å². The summed E-state index contributed by atoms with van der Waals surface area (Å²) in [6, 6.07) is 5.94. The monoisotopic (exact) mass is 358 g/mol. The van der Waals surface area contributed by atoms with Crippen LogP contribution < -0.4 is 0 Å². The number of benzene rings is 1. The Balaban J connectivity index is 2.13. The molecule has 5 atom stereocenters. The van der Waals surface area contributed by atoms with E-state index in [2.05, 4.69) is 6.58 Å². The van der Waals surface area contributed by atoms with E-state index in [0.717, 1.165) is 0 Å². The second-order valence-electron chi connectivity index (χ2n) is 5.21. The average Bonchev–Trinajstić information content (AvgIpc) is 2.58. The van der Waals surface area contributed by atoms with Gasteiger partial charge in [0.15, 0.2) is 12.4 Å². The zero-order chi connectivity index (χ0) is 17.7. The maximum Gasteiger partial charge on any atom is 0.338 e. The van der Waals surface area contributed by atoms with Crippen LogP contribution in [0.2, 0.25) is 5.02 Å². The first-order chi connectivity index (χ1) is 11.5. The van der Waals surface area contributed by atoms with Gasteiger partial charge in [0.1, 0.15) is 18.3 Å². The van der Waals surface area contributed by atoms with E-state index in [0.29, 0.717) is 5.02 Å². The van der Waals surface area contributed by atoms with E-state index in [4.69, 9.17) is 25.8 Å². The van der Waals surface area contributed by atoms with Crippen molar-refractivity contribution in [3.05, 3.63) is 47.5 Å². The predicted octanol–water partition coefficient (Wildman–Crippen LogP) is 0.507. The second-order valence-corrected chi connectivity index (χ2v) is 5.64. The van der Waals surface area contributed by atoms with Gasteiger partial charge in [-0.15, -0.1) is 6.58 Å². The lowest BCUT2D eigenvalue weighted by Crippen LogP contribution is -2.60. The number of aliphatic hydroxyl groups excluding tert-OH is 3. The number of hydrogen-bond acceptors (Lipinski definition) is 7. The lowest BCUT2D eigenvalue weighted by molar-refractivity contribution is -0.297. The van der Waals surface area contributed by atoms with Crippen molar-refractivity contribution in [2.24, 2.45) is 0 Å². The van der Waals surface area contributed by atoms with Crippen LogP contribution in [0.4, 0.5) is 0 Å². The van der Waals surface area contributed by atoms with E-state index in [1.54, 1.807) is 0 Å². The van der Waals surface area contributed by atoms with Gasteiger partial charge in [-0.25, -0.2) is 4.79 Å². The van der Waals surface area contributed by atoms with Gasteiger partial charge in [-0.1, -0.05) is 17.7 Å². The van der Waals surface area contributed by atoms with Crippen LogP contribution in [0.5, 0.6) is 0 Å². The number of aliphatic hydroxyl groups is 3. The molecule has 1 aliphatic rings. The van der Waals surface area contributed by atoms with Gasteiger partial charge < -0.3 is 29.5 Å². The molecule has 0 unspecified atom stereocenters. The minimum Gasteiger partial charge on any atom is -0.453 e. The lowest BCUT2D eigenvalue weighted by Gasteiger charge is -2.41. The Morgan fingerprint density at radius 2 is 1.96 bits per heavy atom. The molecular weight excluding hydrogens is 340 g/mol. The first kappa shape index (κ1) is 18.9. The van der Waals surface area contributed by atoms with Crippen molar-refractivity contribution in [2.45, 2.75) is 30.7 Å². The first-order valence-electron chi connectivity index (χ1n) is 7.29. The largest absolute Gasteiger partial charge is 0.453 e. The molecule has 0 saturated carbocycles. The predicted molar refractivity (Wildman–Crippen MR) is 84.6 cm³/mol. The van der Waals surface area contributed by atoms with Gasteiger partial charge in [-0.05, 0) is 24.3 Å². The molecule has 8 heteroatoms. The molecule has 1 aromatic rings. The Morgan fingerprint density at radius 3 is 2.54 bits per heavy atom. The fraction of sp³-hybridized carbons (Fsp3) is 0.438. The van der Waals surface area contributed by atoms with Crippen LogP contribution in [0.15, 0.2) is 36.9 Å². The third-order valence-electron chi connectivity index (χ3n) is 3.52. The average molecular weight is 359 g/mol. The molecule has 0 radical (unpaired) electrons. The van der Waals surface area contributed by atoms with E-state index in [9.17, 15) is 20.1 Å². The molecule has 24 heavy (non-hydrogen) atoms. The quantitative estimate of drug-likeness (QED) is 0.502. The van der Waals surface area contributed by atoms with Gasteiger partial charge in [-0.2, -0.15) is 0 Å². The molecule has 0 aromatic heterocycles. The molecule has 1 aromatic carbocycles. The zero-order valence-corrected chi connectivity index (χ0v) is 13.5. The molecular formula is C16H19ClO7. The Bertz CT molecular complexity index is 562. The summed E-state index contributed by atoms with van der Waals surface area (Å²) in [6.07, 6.45) is -4.96. The number of halogens is 1. The Labute approximate surface area is 144 Å². The minimum atomic E-state index is -1.43. The van der Waals surface area contributed by atoms with Crippen LogP contribution in [0.1, 0.15) is 10.4 Å². The van der Waals surface area contributed by atoms with E-state index in [1.807, 2.05) is 0 Å². The van der Waals surface area contributed by atoms with Crippen LogP contribution in [0.3, 0.4) is 0 Å². The lowest BCUT2D eigenvalue weighted by atomic mass is 9.99. The molecule has 0 spiro atoms. The summed E-state index contributed by atoms with van der Waals surface area (Å²) in [5.41, 5.74) is 0.203. The van der Waals surface area contributed by atoms with E-state index < -0.39 is 43.3 Å². The summed E-state index contributed by atoms with van der Waals surface area (Å²) in [6.45, 7) is 3.03. The SMILES string of the molecule is C=CCO[C@H]1O[C@H](CO)[C@H](O)[C@H](OC(=O)c2ccc(Cl)cc2)[C@H]1O. The highest BCUT2D eigenvalue weighted by molar-refractivity contribution is 6.30. The summed E-state index contributed by atoms with van der Waals surface area (Å²) in [5.74, 6) is -0.754. The highest BCUT2D eigenvalue weighted by Crippen LogP contribution is 2.25. The van der Waals surface area contributed by atoms with Gasteiger partial charge in [0, 0.05) is 5.02 Å². The van der Waals surface area contributed by atoms with Crippen molar-refractivity contribution >= 4 is 17.6 Å². The van der Waals surface area contributed by atoms with Crippen LogP contribution >= 0.6 is 11.6 Å². The molecule has 1 aliphatic heterocycles. The molecule has 1 fully saturated rings. The third kappa shape index (κ3) is 4.32. The first-order valence-corrected chi connectivity index (χ1v) is 7.67. The minimum absolute atomic E-state index is 0.0772. The fourth-order valence-corrected chi connectivity index (χ4v) is 2.40. The number of carbonyl (C=O) groups excluding carboxylic acids is 1. The topological polar surface area (TPSA) is 105 Å². The highest BCUT2D eigenvalue weighted by atomic mass is 35.5. The summed E-state index contributed by atoms with van der Waals surface area (Å²) in [7, 11) is 0. The van der Waals surface area contributed by atoms with Crippen LogP contribution in [-0.4, -0.2) is 65.2 Å². The number of hydrogen-bond donors (Lipinski definition) is 3. The molecule has 3 N–H and O–H groups in total. The standard InChI is InChI=1S/C16H19ClO7/c1-2-7-22-16-13(20)14(12(19)11(8-18)23-16)24-15(21)9-3-5-10(17)6-4-9/h2-6,11-14,16,18-20H,1,7-8H2/t11-,12+,13-,14+,16+/m1/s1. The van der Waals surface area contributed by atoms with Gasteiger partial charge in [-0.3, -0.25) is 0 Å². The van der Waals surface area contributed by atoms with E-state index in [1.165, 1.54) is 30.3 Å². The Hall–Kier alpha value is -1.48.